The van der Waals surface area contributed by atoms with Crippen LogP contribution in [0.4, 0.5) is 4.79 Å². The summed E-state index contributed by atoms with van der Waals surface area (Å²) in [6.45, 7) is 8.62. The number of carboxylic acids is 1. The number of carbonyl (C=O) groups excluding carboxylic acids is 1. The molecule has 0 saturated carbocycles. The molecule has 1 aliphatic rings. The van der Waals surface area contributed by atoms with E-state index in [9.17, 15) is 9.59 Å². The lowest BCUT2D eigenvalue weighted by atomic mass is 9.93. The van der Waals surface area contributed by atoms with Gasteiger partial charge in [0.25, 0.3) is 0 Å². The summed E-state index contributed by atoms with van der Waals surface area (Å²) in [5.74, 6) is -0.951. The van der Waals surface area contributed by atoms with Crippen LogP contribution in [0.1, 0.15) is 42.6 Å². The first-order chi connectivity index (χ1) is 11.4. The van der Waals surface area contributed by atoms with Crippen molar-refractivity contribution in [2.45, 2.75) is 33.2 Å². The molecule has 1 aromatic rings. The normalized spacial score (nSPS) is 15.2. The molecule has 6 heteroatoms. The number of amides is 2. The second-order valence-electron chi connectivity index (χ2n) is 7.19. The number of benzene rings is 1. The summed E-state index contributed by atoms with van der Waals surface area (Å²) in [5, 5.41) is 14.6. The van der Waals surface area contributed by atoms with E-state index in [2.05, 4.69) is 29.4 Å². The van der Waals surface area contributed by atoms with Gasteiger partial charge in [-0.05, 0) is 49.0 Å². The van der Waals surface area contributed by atoms with Crippen LogP contribution in [0.25, 0.3) is 0 Å². The average molecular weight is 333 g/mol. The second-order valence-corrected chi connectivity index (χ2v) is 7.19. The Kier molecular flexibility index (Phi) is 6.20. The summed E-state index contributed by atoms with van der Waals surface area (Å²) in [6, 6.07) is 6.29. The molecule has 0 aliphatic carbocycles. The molecule has 6 nitrogen and oxygen atoms in total. The van der Waals surface area contributed by atoms with Crippen LogP contribution in [0.15, 0.2) is 24.3 Å². The monoisotopic (exact) mass is 333 g/mol. The standard InChI is InChI=1S/C18H27N3O3/c1-18(2,13-21-9-3-4-10-21)12-20-17(24)19-11-14-5-7-15(8-6-14)16(22)23/h5-8H,3-4,9-13H2,1-2H3,(H,22,23)(H2,19,20,24). The molecule has 0 aromatic heterocycles. The summed E-state index contributed by atoms with van der Waals surface area (Å²) in [6.07, 6.45) is 2.54. The summed E-state index contributed by atoms with van der Waals surface area (Å²) in [5.41, 5.74) is 1.14. The molecule has 3 N–H and O–H groups in total. The topological polar surface area (TPSA) is 81.7 Å². The third-order valence-corrected chi connectivity index (χ3v) is 4.23. The van der Waals surface area contributed by atoms with E-state index in [1.165, 1.54) is 25.0 Å². The Balaban J connectivity index is 1.71. The largest absolute Gasteiger partial charge is 0.478 e. The van der Waals surface area contributed by atoms with Gasteiger partial charge in [-0.15, -0.1) is 0 Å². The third kappa shape index (κ3) is 5.85. The van der Waals surface area contributed by atoms with Crippen molar-refractivity contribution in [1.82, 2.24) is 15.5 Å². The van der Waals surface area contributed by atoms with Crippen molar-refractivity contribution in [3.63, 3.8) is 0 Å². The van der Waals surface area contributed by atoms with E-state index in [0.29, 0.717) is 13.1 Å². The van der Waals surface area contributed by atoms with E-state index in [4.69, 9.17) is 5.11 Å². The van der Waals surface area contributed by atoms with Gasteiger partial charge >= 0.3 is 12.0 Å². The molecule has 1 aliphatic heterocycles. The zero-order chi connectivity index (χ0) is 17.6. The zero-order valence-electron chi connectivity index (χ0n) is 14.5. The maximum absolute atomic E-state index is 11.9. The Morgan fingerprint density at radius 1 is 1.12 bits per heavy atom. The molecule has 0 unspecified atom stereocenters. The minimum absolute atomic E-state index is 0.0326. The predicted molar refractivity (Wildman–Crippen MR) is 93.1 cm³/mol. The third-order valence-electron chi connectivity index (χ3n) is 4.23. The Morgan fingerprint density at radius 3 is 2.33 bits per heavy atom. The highest BCUT2D eigenvalue weighted by molar-refractivity contribution is 5.87. The van der Waals surface area contributed by atoms with Crippen molar-refractivity contribution < 1.29 is 14.7 Å². The number of carboxylic acid groups (broad SMARTS) is 1. The number of hydrogen-bond donors (Lipinski definition) is 3. The molecule has 0 bridgehead atoms. The molecular formula is C18H27N3O3. The number of likely N-dealkylation sites (tertiary alicyclic amines) is 1. The molecule has 132 valence electrons. The van der Waals surface area contributed by atoms with Crippen molar-refractivity contribution >= 4 is 12.0 Å². The lowest BCUT2D eigenvalue weighted by Gasteiger charge is -2.30. The SMILES string of the molecule is CC(C)(CNC(=O)NCc1ccc(C(=O)O)cc1)CN1CCCC1. The molecule has 0 spiro atoms. The molecule has 2 rings (SSSR count). The number of carbonyl (C=O) groups is 2. The van der Waals surface area contributed by atoms with E-state index in [1.807, 2.05) is 0 Å². The van der Waals surface area contributed by atoms with E-state index in [0.717, 1.165) is 25.2 Å². The number of aromatic carboxylic acids is 1. The van der Waals surface area contributed by atoms with E-state index in [-0.39, 0.29) is 17.0 Å². The van der Waals surface area contributed by atoms with Gasteiger partial charge in [0, 0.05) is 19.6 Å². The maximum atomic E-state index is 11.9. The highest BCUT2D eigenvalue weighted by atomic mass is 16.4. The first-order valence-corrected chi connectivity index (χ1v) is 8.42. The number of nitrogens with one attached hydrogen (secondary N) is 2. The molecule has 24 heavy (non-hydrogen) atoms. The van der Waals surface area contributed by atoms with E-state index in [1.54, 1.807) is 12.1 Å². The Hall–Kier alpha value is -2.08. The Bertz CT molecular complexity index is 563. The van der Waals surface area contributed by atoms with Crippen LogP contribution in [0.3, 0.4) is 0 Å². The van der Waals surface area contributed by atoms with Crippen LogP contribution in [-0.2, 0) is 6.54 Å². The van der Waals surface area contributed by atoms with E-state index < -0.39 is 5.97 Å². The first kappa shape index (κ1) is 18.3. The highest BCUT2D eigenvalue weighted by Crippen LogP contribution is 2.19. The van der Waals surface area contributed by atoms with Crippen molar-refractivity contribution in [3.05, 3.63) is 35.4 Å². The smallest absolute Gasteiger partial charge is 0.335 e. The molecular weight excluding hydrogens is 306 g/mol. The minimum Gasteiger partial charge on any atom is -0.478 e. The zero-order valence-corrected chi connectivity index (χ0v) is 14.5. The summed E-state index contributed by atoms with van der Waals surface area (Å²) < 4.78 is 0. The molecule has 1 saturated heterocycles. The number of urea groups is 1. The Labute approximate surface area is 143 Å². The lowest BCUT2D eigenvalue weighted by Crippen LogP contribution is -2.44. The second kappa shape index (κ2) is 8.15. The summed E-state index contributed by atoms with van der Waals surface area (Å²) in [7, 11) is 0. The van der Waals surface area contributed by atoms with Crippen molar-refractivity contribution in [1.29, 1.82) is 0 Å². The lowest BCUT2D eigenvalue weighted by molar-refractivity contribution is 0.0697. The Morgan fingerprint density at radius 2 is 1.75 bits per heavy atom. The summed E-state index contributed by atoms with van der Waals surface area (Å²) >= 11 is 0. The fourth-order valence-corrected chi connectivity index (χ4v) is 2.93. The maximum Gasteiger partial charge on any atom is 0.335 e. The van der Waals surface area contributed by atoms with Gasteiger partial charge in [-0.3, -0.25) is 0 Å². The van der Waals surface area contributed by atoms with Crippen LogP contribution < -0.4 is 10.6 Å². The van der Waals surface area contributed by atoms with Crippen LogP contribution in [0, 0.1) is 5.41 Å². The molecule has 1 fully saturated rings. The highest BCUT2D eigenvalue weighted by Gasteiger charge is 2.24. The van der Waals surface area contributed by atoms with Crippen molar-refractivity contribution in [3.8, 4) is 0 Å². The van der Waals surface area contributed by atoms with Gasteiger partial charge in [0.15, 0.2) is 0 Å². The first-order valence-electron chi connectivity index (χ1n) is 8.42. The molecule has 1 heterocycles. The van der Waals surface area contributed by atoms with Crippen LogP contribution in [0.2, 0.25) is 0 Å². The van der Waals surface area contributed by atoms with Crippen molar-refractivity contribution in [2.24, 2.45) is 5.41 Å². The average Bonchev–Trinajstić information content (AvgIpc) is 3.03. The van der Waals surface area contributed by atoms with Gasteiger partial charge in [0.1, 0.15) is 0 Å². The fraction of sp³-hybridized carbons (Fsp3) is 0.556. The molecule has 1 aromatic carbocycles. The van der Waals surface area contributed by atoms with Gasteiger partial charge in [0.2, 0.25) is 0 Å². The van der Waals surface area contributed by atoms with Gasteiger partial charge in [-0.1, -0.05) is 26.0 Å². The van der Waals surface area contributed by atoms with Crippen LogP contribution in [0.5, 0.6) is 0 Å². The predicted octanol–water partition coefficient (Wildman–Crippen LogP) is 2.31. The van der Waals surface area contributed by atoms with Gasteiger partial charge in [0.05, 0.1) is 5.56 Å². The number of nitrogens with zero attached hydrogens (tertiary/aromatic N) is 1. The van der Waals surface area contributed by atoms with Crippen LogP contribution in [-0.4, -0.2) is 48.2 Å². The number of rotatable bonds is 7. The quantitative estimate of drug-likeness (QED) is 0.715. The van der Waals surface area contributed by atoms with Gasteiger partial charge in [-0.2, -0.15) is 0 Å². The summed E-state index contributed by atoms with van der Waals surface area (Å²) in [4.78, 5) is 25.2. The van der Waals surface area contributed by atoms with Gasteiger partial charge in [-0.25, -0.2) is 9.59 Å². The molecule has 0 radical (unpaired) electrons. The molecule has 0 atom stereocenters. The van der Waals surface area contributed by atoms with Crippen molar-refractivity contribution in [2.75, 3.05) is 26.2 Å². The minimum atomic E-state index is -0.951. The van der Waals surface area contributed by atoms with Crippen LogP contribution >= 0.6 is 0 Å². The fourth-order valence-electron chi connectivity index (χ4n) is 2.93. The van der Waals surface area contributed by atoms with Gasteiger partial charge < -0.3 is 20.6 Å². The molecule has 2 amide bonds. The number of hydrogen-bond acceptors (Lipinski definition) is 3. The van der Waals surface area contributed by atoms with E-state index >= 15 is 0 Å².